The Labute approximate surface area is 111 Å². The molecule has 3 rings (SSSR count). The minimum atomic E-state index is 0.696. The summed E-state index contributed by atoms with van der Waals surface area (Å²) >= 11 is 9.23. The van der Waals surface area contributed by atoms with E-state index in [0.29, 0.717) is 5.02 Å². The number of hydrogen-bond acceptors (Lipinski definition) is 2. The highest BCUT2D eigenvalue weighted by Crippen LogP contribution is 2.22. The summed E-state index contributed by atoms with van der Waals surface area (Å²) in [5.41, 5.74) is 2.77. The van der Waals surface area contributed by atoms with Gasteiger partial charge in [-0.15, -0.1) is 0 Å². The molecule has 0 unspecified atom stereocenters. The molecule has 3 aromatic rings. The predicted octanol–water partition coefficient (Wildman–Crippen LogP) is 4.04. The highest BCUT2D eigenvalue weighted by molar-refractivity contribution is 9.10. The molecule has 2 heterocycles. The molecule has 0 saturated carbocycles. The van der Waals surface area contributed by atoms with Gasteiger partial charge in [0, 0.05) is 16.8 Å². The molecule has 2 aromatic heterocycles. The van der Waals surface area contributed by atoms with E-state index < -0.39 is 0 Å². The quantitative estimate of drug-likeness (QED) is 0.689. The number of nitrogens with one attached hydrogen (secondary N) is 1. The third kappa shape index (κ3) is 2.06. The number of halogens is 2. The lowest BCUT2D eigenvalue weighted by Crippen LogP contribution is -1.82. The van der Waals surface area contributed by atoms with Gasteiger partial charge in [0.2, 0.25) is 0 Å². The summed E-state index contributed by atoms with van der Waals surface area (Å²) in [5, 5.41) is 0.696. The first-order valence-electron chi connectivity index (χ1n) is 4.99. The maximum atomic E-state index is 5.93. The van der Waals surface area contributed by atoms with Crippen molar-refractivity contribution in [2.45, 2.75) is 0 Å². The van der Waals surface area contributed by atoms with Crippen molar-refractivity contribution in [2.24, 2.45) is 0 Å². The number of nitrogens with zero attached hydrogens (tertiary/aromatic N) is 2. The van der Waals surface area contributed by atoms with Crippen LogP contribution in [-0.4, -0.2) is 15.0 Å². The van der Waals surface area contributed by atoms with Gasteiger partial charge in [0.1, 0.15) is 10.4 Å². The zero-order valence-electron chi connectivity index (χ0n) is 8.61. The summed E-state index contributed by atoms with van der Waals surface area (Å²) < 4.78 is 0.806. The van der Waals surface area contributed by atoms with Crippen molar-refractivity contribution < 1.29 is 0 Å². The average Bonchev–Trinajstić information content (AvgIpc) is 2.72. The topological polar surface area (TPSA) is 41.6 Å². The van der Waals surface area contributed by atoms with E-state index in [4.69, 9.17) is 11.6 Å². The summed E-state index contributed by atoms with van der Waals surface area (Å²) in [6, 6.07) is 9.42. The van der Waals surface area contributed by atoms with Gasteiger partial charge in [0.25, 0.3) is 0 Å². The Morgan fingerprint density at radius 2 is 2.06 bits per heavy atom. The molecule has 0 aliphatic carbocycles. The van der Waals surface area contributed by atoms with Crippen LogP contribution in [0.3, 0.4) is 0 Å². The van der Waals surface area contributed by atoms with Crippen LogP contribution in [0.4, 0.5) is 0 Å². The van der Waals surface area contributed by atoms with E-state index in [1.807, 2.05) is 30.3 Å². The summed E-state index contributed by atoms with van der Waals surface area (Å²) in [6.07, 6.45) is 1.77. The third-order valence-electron chi connectivity index (χ3n) is 2.44. The zero-order chi connectivity index (χ0) is 11.8. The van der Waals surface area contributed by atoms with Crippen molar-refractivity contribution in [1.82, 2.24) is 15.0 Å². The number of benzene rings is 1. The lowest BCUT2D eigenvalue weighted by molar-refractivity contribution is 1.24. The molecule has 84 valence electrons. The molecular weight excluding hydrogens is 302 g/mol. The Balaban J connectivity index is 2.14. The van der Waals surface area contributed by atoms with E-state index in [1.165, 1.54) is 0 Å². The monoisotopic (exact) mass is 307 g/mol. The number of imidazole rings is 1. The number of H-pyrrole nitrogens is 1. The maximum Gasteiger partial charge on any atom is 0.140 e. The summed E-state index contributed by atoms with van der Waals surface area (Å²) in [6.45, 7) is 0. The summed E-state index contributed by atoms with van der Waals surface area (Å²) in [4.78, 5) is 11.9. The minimum absolute atomic E-state index is 0.696. The first-order valence-corrected chi connectivity index (χ1v) is 6.17. The second-order valence-corrected chi connectivity index (χ2v) is 4.87. The van der Waals surface area contributed by atoms with Crippen LogP contribution in [0.1, 0.15) is 0 Å². The molecule has 1 aromatic carbocycles. The number of aromatic nitrogens is 3. The van der Waals surface area contributed by atoms with Gasteiger partial charge in [-0.05, 0) is 46.3 Å². The molecule has 0 radical (unpaired) electrons. The number of hydrogen-bond donors (Lipinski definition) is 1. The smallest absolute Gasteiger partial charge is 0.140 e. The summed E-state index contributed by atoms with van der Waals surface area (Å²) in [5.74, 6) is 0.794. The molecule has 0 aliphatic heterocycles. The van der Waals surface area contributed by atoms with Crippen LogP contribution in [-0.2, 0) is 0 Å². The standard InChI is InChI=1S/C12H7BrClN3/c13-11-4-1-7(6-15-11)12-16-9-3-2-8(14)5-10(9)17-12/h1-6H,(H,16,17). The van der Waals surface area contributed by atoms with Crippen LogP contribution in [0.5, 0.6) is 0 Å². The predicted molar refractivity (Wildman–Crippen MR) is 72.0 cm³/mol. The average molecular weight is 309 g/mol. The Hall–Kier alpha value is -1.39. The Morgan fingerprint density at radius 1 is 1.18 bits per heavy atom. The molecule has 0 amide bonds. The normalized spacial score (nSPS) is 10.9. The Kier molecular flexibility index (Phi) is 2.61. The second-order valence-electron chi connectivity index (χ2n) is 3.62. The first-order chi connectivity index (χ1) is 8.22. The Bertz CT molecular complexity index is 676. The van der Waals surface area contributed by atoms with E-state index in [1.54, 1.807) is 6.20 Å². The van der Waals surface area contributed by atoms with E-state index in [-0.39, 0.29) is 0 Å². The fourth-order valence-corrected chi connectivity index (χ4v) is 2.04. The van der Waals surface area contributed by atoms with Gasteiger partial charge in [-0.1, -0.05) is 11.6 Å². The lowest BCUT2D eigenvalue weighted by Gasteiger charge is -1.94. The molecule has 0 atom stereocenters. The lowest BCUT2D eigenvalue weighted by atomic mass is 10.3. The van der Waals surface area contributed by atoms with Gasteiger partial charge in [0.05, 0.1) is 11.0 Å². The van der Waals surface area contributed by atoms with Gasteiger partial charge in [-0.3, -0.25) is 0 Å². The van der Waals surface area contributed by atoms with Crippen LogP contribution in [0.2, 0.25) is 5.02 Å². The molecule has 0 spiro atoms. The van der Waals surface area contributed by atoms with Crippen molar-refractivity contribution in [3.63, 3.8) is 0 Å². The summed E-state index contributed by atoms with van der Waals surface area (Å²) in [7, 11) is 0. The van der Waals surface area contributed by atoms with Gasteiger partial charge in [-0.25, -0.2) is 9.97 Å². The zero-order valence-corrected chi connectivity index (χ0v) is 11.0. The molecule has 17 heavy (non-hydrogen) atoms. The molecule has 1 N–H and O–H groups in total. The van der Waals surface area contributed by atoms with Crippen molar-refractivity contribution in [3.8, 4) is 11.4 Å². The van der Waals surface area contributed by atoms with Crippen molar-refractivity contribution in [2.75, 3.05) is 0 Å². The molecule has 0 fully saturated rings. The SMILES string of the molecule is Clc1ccc2nc(-c3ccc(Br)nc3)[nH]c2c1. The van der Waals surface area contributed by atoms with Crippen molar-refractivity contribution >= 4 is 38.6 Å². The third-order valence-corrected chi connectivity index (χ3v) is 3.15. The highest BCUT2D eigenvalue weighted by atomic mass is 79.9. The van der Waals surface area contributed by atoms with Crippen LogP contribution < -0.4 is 0 Å². The Morgan fingerprint density at radius 3 is 2.82 bits per heavy atom. The van der Waals surface area contributed by atoms with Crippen molar-refractivity contribution in [3.05, 3.63) is 46.2 Å². The van der Waals surface area contributed by atoms with Crippen LogP contribution >= 0.6 is 27.5 Å². The number of rotatable bonds is 1. The van der Waals surface area contributed by atoms with Gasteiger partial charge in [-0.2, -0.15) is 0 Å². The van der Waals surface area contributed by atoms with E-state index in [9.17, 15) is 0 Å². The minimum Gasteiger partial charge on any atom is -0.338 e. The maximum absolute atomic E-state index is 5.93. The highest BCUT2D eigenvalue weighted by Gasteiger charge is 2.05. The van der Waals surface area contributed by atoms with Gasteiger partial charge >= 0.3 is 0 Å². The molecule has 0 saturated heterocycles. The van der Waals surface area contributed by atoms with Crippen LogP contribution in [0.25, 0.3) is 22.4 Å². The first kappa shape index (κ1) is 10.7. The molecule has 5 heteroatoms. The molecule has 0 aliphatic rings. The molecule has 0 bridgehead atoms. The molecular formula is C12H7BrClN3. The fraction of sp³-hybridized carbons (Fsp3) is 0. The van der Waals surface area contributed by atoms with Gasteiger partial charge < -0.3 is 4.98 Å². The molecule has 3 nitrogen and oxygen atoms in total. The van der Waals surface area contributed by atoms with Crippen LogP contribution in [0, 0.1) is 0 Å². The second kappa shape index (κ2) is 4.13. The van der Waals surface area contributed by atoms with Gasteiger partial charge in [0.15, 0.2) is 0 Å². The van der Waals surface area contributed by atoms with Crippen LogP contribution in [0.15, 0.2) is 41.1 Å². The van der Waals surface area contributed by atoms with Crippen molar-refractivity contribution in [1.29, 1.82) is 0 Å². The number of pyridine rings is 1. The fourth-order valence-electron chi connectivity index (χ4n) is 1.63. The van der Waals surface area contributed by atoms with E-state index in [2.05, 4.69) is 30.9 Å². The van der Waals surface area contributed by atoms with E-state index in [0.717, 1.165) is 27.0 Å². The number of aromatic amines is 1. The number of fused-ring (bicyclic) bond motifs is 1. The largest absolute Gasteiger partial charge is 0.338 e. The van der Waals surface area contributed by atoms with E-state index >= 15 is 0 Å².